The van der Waals surface area contributed by atoms with Crippen LogP contribution in [0.2, 0.25) is 0 Å². The van der Waals surface area contributed by atoms with Crippen molar-refractivity contribution in [1.29, 1.82) is 0 Å². The van der Waals surface area contributed by atoms with E-state index in [2.05, 4.69) is 31.9 Å². The summed E-state index contributed by atoms with van der Waals surface area (Å²) in [5.74, 6) is 0.975. The summed E-state index contributed by atoms with van der Waals surface area (Å²) in [6.07, 6.45) is -2.13. The van der Waals surface area contributed by atoms with E-state index in [-0.39, 0.29) is 12.4 Å². The molecule has 0 bridgehead atoms. The molecule has 59 heavy (non-hydrogen) atoms. The van der Waals surface area contributed by atoms with Gasteiger partial charge < -0.3 is 19.3 Å². The highest BCUT2D eigenvalue weighted by atomic mass is 79.9. The van der Waals surface area contributed by atoms with E-state index >= 15 is 0 Å². The van der Waals surface area contributed by atoms with E-state index < -0.39 is 34.9 Å². The van der Waals surface area contributed by atoms with E-state index in [0.29, 0.717) is 83.8 Å². The zero-order valence-corrected chi connectivity index (χ0v) is 35.6. The van der Waals surface area contributed by atoms with E-state index in [1.807, 2.05) is 0 Å². The van der Waals surface area contributed by atoms with E-state index in [1.165, 1.54) is 24.3 Å². The van der Waals surface area contributed by atoms with Gasteiger partial charge in [0.1, 0.15) is 11.5 Å². The second-order valence-electron chi connectivity index (χ2n) is 14.8. The molecule has 4 aromatic carbocycles. The number of rotatable bonds is 14. The van der Waals surface area contributed by atoms with Gasteiger partial charge in [-0.3, -0.25) is 9.59 Å². The molecular weight excluding hydrogens is 910 g/mol. The average Bonchev–Trinajstić information content (AvgIpc) is 4.12. The van der Waals surface area contributed by atoms with Crippen LogP contribution in [0.1, 0.15) is 74.1 Å². The molecule has 0 saturated heterocycles. The fraction of sp³-hybridized carbons (Fsp3) is 0.422. The molecule has 7 rings (SSSR count). The van der Waals surface area contributed by atoms with Crippen molar-refractivity contribution in [2.45, 2.75) is 76.1 Å². The topological polar surface area (TPSA) is 82.1 Å². The first-order chi connectivity index (χ1) is 28.1. The molecule has 4 aromatic rings. The summed E-state index contributed by atoms with van der Waals surface area (Å²) in [5, 5.41) is 11.8. The second-order valence-corrected chi connectivity index (χ2v) is 16.4. The Kier molecular flexibility index (Phi) is 16.0. The Labute approximate surface area is 356 Å². The average molecular weight is 957 g/mol. The number of hydrogen-bond donors (Lipinski definition) is 1. The third-order valence-corrected chi connectivity index (χ3v) is 12.2. The Morgan fingerprint density at radius 3 is 1.53 bits per heavy atom. The molecule has 0 aromatic heterocycles. The molecule has 0 spiro atoms. The number of halogens is 8. The predicted molar refractivity (Wildman–Crippen MR) is 221 cm³/mol. The minimum atomic E-state index is -4.38. The summed E-state index contributed by atoms with van der Waals surface area (Å²) in [7, 11) is 0. The Hall–Kier alpha value is -4.04. The molecule has 3 aliphatic rings. The molecule has 14 heteroatoms. The largest absolute Gasteiger partial charge is 0.493 e. The fourth-order valence-corrected chi connectivity index (χ4v) is 6.41. The Balaban J connectivity index is 0.000000206. The lowest BCUT2D eigenvalue weighted by molar-refractivity contribution is -0.147. The number of carbonyl (C=O) groups excluding carboxylic acids is 1. The molecule has 0 atom stereocenters. The van der Waals surface area contributed by atoms with E-state index in [1.54, 1.807) is 43.3 Å². The van der Waals surface area contributed by atoms with Gasteiger partial charge in [-0.1, -0.05) is 86.8 Å². The molecule has 0 amide bonds. The molecule has 318 valence electrons. The van der Waals surface area contributed by atoms with Crippen LogP contribution in [0.3, 0.4) is 0 Å². The first-order valence-electron chi connectivity index (χ1n) is 19.5. The van der Waals surface area contributed by atoms with Crippen LogP contribution in [0.25, 0.3) is 22.3 Å². The van der Waals surface area contributed by atoms with Crippen molar-refractivity contribution in [3.05, 3.63) is 107 Å². The third-order valence-electron chi connectivity index (χ3n) is 10.3. The van der Waals surface area contributed by atoms with Crippen LogP contribution in [0.15, 0.2) is 84.9 Å². The first-order valence-corrected chi connectivity index (χ1v) is 21.7. The van der Waals surface area contributed by atoms with Gasteiger partial charge in [-0.25, -0.2) is 0 Å². The maximum Gasteiger partial charge on any atom is 0.416 e. The molecule has 0 radical (unpaired) electrons. The van der Waals surface area contributed by atoms with Crippen LogP contribution in [-0.2, 0) is 38.5 Å². The molecule has 3 fully saturated rings. The zero-order valence-electron chi connectivity index (χ0n) is 32.4. The number of benzene rings is 4. The molecule has 6 nitrogen and oxygen atoms in total. The standard InChI is InChI=1S/C22H21F3O3.C21H21F3O3.C2H4Br2/c23-22(24,25)16-6-4-15(5-7-16)18-9-8-17(21(20(26)27)10-1-11-21)12-19(18)28-13-14-2-3-14;1-2-26-20(25)12-15-5-10-18(19(11-15)27-13-14-3-4-14)16-6-8-17(9-7-16)21(22,23)24;3-1-2-4/h4-9,12,14H,1-3,10-11,13H2,(H,26,27);5-11,14H,2-4,12-13H2,1H3;1-2H2. The summed E-state index contributed by atoms with van der Waals surface area (Å²) in [4.78, 5) is 23.5. The number of alkyl halides is 8. The van der Waals surface area contributed by atoms with Crippen molar-refractivity contribution < 1.29 is 55.2 Å². The number of carboxylic acids is 1. The van der Waals surface area contributed by atoms with Gasteiger partial charge in [-0.05, 0) is 116 Å². The Morgan fingerprint density at radius 1 is 0.695 bits per heavy atom. The van der Waals surface area contributed by atoms with Gasteiger partial charge in [-0.2, -0.15) is 26.3 Å². The third kappa shape index (κ3) is 13.0. The van der Waals surface area contributed by atoms with Crippen molar-refractivity contribution in [2.75, 3.05) is 30.5 Å². The smallest absolute Gasteiger partial charge is 0.416 e. The van der Waals surface area contributed by atoms with Crippen molar-refractivity contribution in [1.82, 2.24) is 0 Å². The van der Waals surface area contributed by atoms with Crippen LogP contribution in [-0.4, -0.2) is 47.5 Å². The lowest BCUT2D eigenvalue weighted by atomic mass is 9.64. The zero-order chi connectivity index (χ0) is 42.8. The van der Waals surface area contributed by atoms with Gasteiger partial charge >= 0.3 is 24.3 Å². The van der Waals surface area contributed by atoms with Gasteiger partial charge in [-0.15, -0.1) is 0 Å². The summed E-state index contributed by atoms with van der Waals surface area (Å²) < 4.78 is 93.8. The van der Waals surface area contributed by atoms with E-state index in [4.69, 9.17) is 14.2 Å². The summed E-state index contributed by atoms with van der Waals surface area (Å²) in [5.41, 5.74) is 1.81. The lowest BCUT2D eigenvalue weighted by Crippen LogP contribution is -2.42. The number of esters is 1. The van der Waals surface area contributed by atoms with E-state index in [0.717, 1.165) is 72.6 Å². The number of ether oxygens (including phenoxy) is 3. The van der Waals surface area contributed by atoms with E-state index in [9.17, 15) is 41.0 Å². The van der Waals surface area contributed by atoms with Crippen LogP contribution in [0.4, 0.5) is 26.3 Å². The second kappa shape index (κ2) is 20.5. The number of aliphatic carboxylic acids is 1. The lowest BCUT2D eigenvalue weighted by Gasteiger charge is -2.38. The highest BCUT2D eigenvalue weighted by Gasteiger charge is 2.46. The SMILES string of the molecule is BrCCBr.CCOC(=O)Cc1ccc(-c2ccc(C(F)(F)F)cc2)c(OCC2CC2)c1.O=C(O)C1(c2ccc(-c3ccc(C(F)(F)F)cc3)c(OCC3CC3)c2)CCC1. The number of carbonyl (C=O) groups is 2. The summed E-state index contributed by atoms with van der Waals surface area (Å²) in [6, 6.07) is 20.6. The highest BCUT2D eigenvalue weighted by Crippen LogP contribution is 2.47. The fourth-order valence-electron chi connectivity index (χ4n) is 6.41. The maximum absolute atomic E-state index is 12.8. The van der Waals surface area contributed by atoms with Gasteiger partial charge in [0.05, 0.1) is 42.8 Å². The number of hydrogen-bond acceptors (Lipinski definition) is 5. The van der Waals surface area contributed by atoms with Crippen LogP contribution in [0.5, 0.6) is 11.5 Å². The molecule has 0 heterocycles. The maximum atomic E-state index is 12.8. The first kappa shape index (κ1) is 46.0. The molecule has 0 aliphatic heterocycles. The van der Waals surface area contributed by atoms with Crippen molar-refractivity contribution in [3.8, 4) is 33.8 Å². The van der Waals surface area contributed by atoms with Gasteiger partial charge in [0.2, 0.25) is 0 Å². The molecule has 0 unspecified atom stereocenters. The predicted octanol–water partition coefficient (Wildman–Crippen LogP) is 12.7. The molecule has 3 aliphatic carbocycles. The molecular formula is C45H46Br2F6O6. The van der Waals surface area contributed by atoms with Crippen molar-refractivity contribution >= 4 is 43.8 Å². The monoisotopic (exact) mass is 954 g/mol. The summed E-state index contributed by atoms with van der Waals surface area (Å²) in [6.45, 7) is 3.16. The van der Waals surface area contributed by atoms with Crippen LogP contribution >= 0.6 is 31.9 Å². The molecule has 1 N–H and O–H groups in total. The Morgan fingerprint density at radius 2 is 1.15 bits per heavy atom. The molecule has 3 saturated carbocycles. The van der Waals surface area contributed by atoms with Crippen molar-refractivity contribution in [3.63, 3.8) is 0 Å². The minimum Gasteiger partial charge on any atom is -0.493 e. The van der Waals surface area contributed by atoms with Crippen LogP contribution in [0, 0.1) is 11.8 Å². The summed E-state index contributed by atoms with van der Waals surface area (Å²) >= 11 is 6.40. The minimum absolute atomic E-state index is 0.126. The van der Waals surface area contributed by atoms with Gasteiger partial charge in [0.25, 0.3) is 0 Å². The number of carboxylic acid groups (broad SMARTS) is 1. The highest BCUT2D eigenvalue weighted by molar-refractivity contribution is 9.11. The quantitative estimate of drug-likeness (QED) is 0.0770. The van der Waals surface area contributed by atoms with Gasteiger partial charge in [0.15, 0.2) is 0 Å². The normalized spacial score (nSPS) is 15.7. The van der Waals surface area contributed by atoms with Crippen molar-refractivity contribution in [2.24, 2.45) is 11.8 Å². The Bertz CT molecular complexity index is 2000. The van der Waals surface area contributed by atoms with Gasteiger partial charge in [0, 0.05) is 21.8 Å². The van der Waals surface area contributed by atoms with Crippen LogP contribution < -0.4 is 9.47 Å².